The number of halogens is 1. The summed E-state index contributed by atoms with van der Waals surface area (Å²) in [6.07, 6.45) is 8.63. The fraction of sp³-hybridized carbons (Fsp3) is 1.00. The quantitative estimate of drug-likeness (QED) is 0.691. The molecule has 1 nitrogen and oxygen atoms in total. The first-order valence-electron chi connectivity index (χ1n) is 6.56. The van der Waals surface area contributed by atoms with E-state index in [4.69, 9.17) is 0 Å². The number of hydrogen-bond acceptors (Lipinski definition) is 1. The fourth-order valence-electron chi connectivity index (χ4n) is 2.83. The first-order valence-corrected chi connectivity index (χ1v) is 7.68. The first kappa shape index (κ1) is 11.9. The van der Waals surface area contributed by atoms with E-state index in [-0.39, 0.29) is 0 Å². The average Bonchev–Trinajstić information content (AvgIpc) is 3.02. The lowest BCUT2D eigenvalue weighted by molar-refractivity contribution is 0.155. The molecule has 1 saturated carbocycles. The molecule has 1 saturated heterocycles. The van der Waals surface area contributed by atoms with Gasteiger partial charge in [-0.2, -0.15) is 0 Å². The number of likely N-dealkylation sites (tertiary alicyclic amines) is 1. The lowest BCUT2D eigenvalue weighted by Crippen LogP contribution is -2.38. The van der Waals surface area contributed by atoms with E-state index in [2.05, 4.69) is 27.8 Å². The monoisotopic (exact) mass is 273 g/mol. The lowest BCUT2D eigenvalue weighted by atomic mass is 9.92. The Morgan fingerprint density at radius 3 is 2.40 bits per heavy atom. The molecule has 0 spiro atoms. The van der Waals surface area contributed by atoms with Gasteiger partial charge in [-0.15, -0.1) is 0 Å². The van der Waals surface area contributed by atoms with Gasteiger partial charge in [-0.3, -0.25) is 0 Å². The van der Waals surface area contributed by atoms with Crippen LogP contribution in [0.5, 0.6) is 0 Å². The normalized spacial score (nSPS) is 26.8. The van der Waals surface area contributed by atoms with Crippen LogP contribution in [0.15, 0.2) is 0 Å². The summed E-state index contributed by atoms with van der Waals surface area (Å²) in [4.78, 5) is 2.71. The van der Waals surface area contributed by atoms with Crippen molar-refractivity contribution in [2.75, 3.05) is 25.0 Å². The Bertz CT molecular complexity index is 193. The Hall–Kier alpha value is 0.440. The molecule has 88 valence electrons. The number of nitrogens with zero attached hydrogens (tertiary/aromatic N) is 1. The van der Waals surface area contributed by atoms with E-state index in [1.165, 1.54) is 63.5 Å². The second-order valence-electron chi connectivity index (χ2n) is 5.64. The molecule has 0 radical (unpaired) electrons. The van der Waals surface area contributed by atoms with Gasteiger partial charge >= 0.3 is 0 Å². The van der Waals surface area contributed by atoms with Crippen molar-refractivity contribution in [3.05, 3.63) is 0 Å². The van der Waals surface area contributed by atoms with E-state index < -0.39 is 0 Å². The van der Waals surface area contributed by atoms with E-state index in [9.17, 15) is 0 Å². The minimum Gasteiger partial charge on any atom is -0.303 e. The van der Waals surface area contributed by atoms with Gasteiger partial charge in [0.05, 0.1) is 0 Å². The second-order valence-corrected chi connectivity index (χ2v) is 6.20. The molecule has 0 unspecified atom stereocenters. The summed E-state index contributed by atoms with van der Waals surface area (Å²) in [7, 11) is 0. The van der Waals surface area contributed by atoms with Crippen LogP contribution in [0.1, 0.15) is 45.4 Å². The average molecular weight is 274 g/mol. The molecule has 15 heavy (non-hydrogen) atoms. The van der Waals surface area contributed by atoms with Crippen molar-refractivity contribution >= 4 is 15.9 Å². The van der Waals surface area contributed by atoms with Gasteiger partial charge in [-0.25, -0.2) is 0 Å². The number of rotatable bonds is 5. The number of piperidine rings is 1. The van der Waals surface area contributed by atoms with Crippen LogP contribution < -0.4 is 0 Å². The van der Waals surface area contributed by atoms with Gasteiger partial charge in [0.25, 0.3) is 0 Å². The SMILES string of the molecule is CCCC1CCN(CC2(CBr)CC2)CC1. The Morgan fingerprint density at radius 1 is 1.27 bits per heavy atom. The van der Waals surface area contributed by atoms with Crippen molar-refractivity contribution in [2.24, 2.45) is 11.3 Å². The van der Waals surface area contributed by atoms with Crippen molar-refractivity contribution in [2.45, 2.75) is 45.4 Å². The Labute approximate surface area is 103 Å². The maximum atomic E-state index is 3.67. The van der Waals surface area contributed by atoms with Crippen LogP contribution in [-0.2, 0) is 0 Å². The maximum Gasteiger partial charge on any atom is 0.0100 e. The van der Waals surface area contributed by atoms with Gasteiger partial charge in [0.15, 0.2) is 0 Å². The predicted molar refractivity (Wildman–Crippen MR) is 69.5 cm³/mol. The highest BCUT2D eigenvalue weighted by Gasteiger charge is 2.42. The fourth-order valence-corrected chi connectivity index (χ4v) is 3.56. The zero-order valence-electron chi connectivity index (χ0n) is 9.97. The van der Waals surface area contributed by atoms with Gasteiger partial charge in [-0.05, 0) is 50.1 Å². The van der Waals surface area contributed by atoms with Crippen LogP contribution in [0.3, 0.4) is 0 Å². The van der Waals surface area contributed by atoms with Gasteiger partial charge < -0.3 is 4.90 Å². The number of alkyl halides is 1. The van der Waals surface area contributed by atoms with Crippen LogP contribution in [0, 0.1) is 11.3 Å². The van der Waals surface area contributed by atoms with Crippen LogP contribution in [0.2, 0.25) is 0 Å². The summed E-state index contributed by atoms with van der Waals surface area (Å²) in [6.45, 7) is 6.40. The molecule has 0 N–H and O–H groups in total. The third-order valence-corrected chi connectivity index (χ3v) is 5.39. The molecule has 0 aromatic heterocycles. The van der Waals surface area contributed by atoms with E-state index in [0.29, 0.717) is 5.41 Å². The second kappa shape index (κ2) is 5.18. The highest BCUT2D eigenvalue weighted by Crippen LogP contribution is 2.48. The predicted octanol–water partition coefficient (Wildman–Crippen LogP) is 3.67. The largest absolute Gasteiger partial charge is 0.303 e. The number of hydrogen-bond donors (Lipinski definition) is 0. The molecule has 0 atom stereocenters. The standard InChI is InChI=1S/C13H24BrN/c1-2-3-12-4-8-15(9-5-12)11-13(10-14)6-7-13/h12H,2-11H2,1H3. The summed E-state index contributed by atoms with van der Waals surface area (Å²) in [5.41, 5.74) is 0.678. The third-order valence-electron chi connectivity index (χ3n) is 4.20. The highest BCUT2D eigenvalue weighted by atomic mass is 79.9. The molecule has 1 aliphatic heterocycles. The summed E-state index contributed by atoms with van der Waals surface area (Å²) in [5.74, 6) is 1.03. The van der Waals surface area contributed by atoms with E-state index in [1.54, 1.807) is 0 Å². The molecule has 2 fully saturated rings. The minimum absolute atomic E-state index is 0.678. The zero-order chi connectivity index (χ0) is 10.7. The molecule has 1 aliphatic carbocycles. The molecule has 0 amide bonds. The van der Waals surface area contributed by atoms with Crippen LogP contribution in [0.4, 0.5) is 0 Å². The van der Waals surface area contributed by atoms with Crippen molar-refractivity contribution in [3.63, 3.8) is 0 Å². The van der Waals surface area contributed by atoms with Gasteiger partial charge in [0.2, 0.25) is 0 Å². The van der Waals surface area contributed by atoms with Crippen LogP contribution in [-0.4, -0.2) is 29.9 Å². The van der Waals surface area contributed by atoms with Crippen molar-refractivity contribution < 1.29 is 0 Å². The van der Waals surface area contributed by atoms with Crippen LogP contribution in [0.25, 0.3) is 0 Å². The molecule has 2 aliphatic rings. The highest BCUT2D eigenvalue weighted by molar-refractivity contribution is 9.09. The van der Waals surface area contributed by atoms with Crippen LogP contribution >= 0.6 is 15.9 Å². The van der Waals surface area contributed by atoms with E-state index in [1.807, 2.05) is 0 Å². The van der Waals surface area contributed by atoms with E-state index in [0.717, 1.165) is 5.92 Å². The summed E-state index contributed by atoms with van der Waals surface area (Å²) in [6, 6.07) is 0. The topological polar surface area (TPSA) is 3.24 Å². The lowest BCUT2D eigenvalue weighted by Gasteiger charge is -2.34. The molecular formula is C13H24BrN. The van der Waals surface area contributed by atoms with Gasteiger partial charge in [0.1, 0.15) is 0 Å². The van der Waals surface area contributed by atoms with Crippen molar-refractivity contribution in [3.8, 4) is 0 Å². The van der Waals surface area contributed by atoms with E-state index >= 15 is 0 Å². The van der Waals surface area contributed by atoms with Crippen molar-refractivity contribution in [1.29, 1.82) is 0 Å². The zero-order valence-corrected chi connectivity index (χ0v) is 11.6. The maximum absolute atomic E-state index is 3.67. The Morgan fingerprint density at radius 2 is 1.93 bits per heavy atom. The molecule has 2 heteroatoms. The molecule has 1 heterocycles. The molecule has 0 bridgehead atoms. The summed E-state index contributed by atoms with van der Waals surface area (Å²) < 4.78 is 0. The minimum atomic E-state index is 0.678. The first-order chi connectivity index (χ1) is 7.28. The third kappa shape index (κ3) is 3.20. The summed E-state index contributed by atoms with van der Waals surface area (Å²) in [5, 5.41) is 1.22. The Balaban J connectivity index is 1.69. The summed E-state index contributed by atoms with van der Waals surface area (Å²) >= 11 is 3.67. The van der Waals surface area contributed by atoms with Crippen molar-refractivity contribution in [1.82, 2.24) is 4.90 Å². The molecule has 0 aromatic rings. The molecule has 0 aromatic carbocycles. The Kier molecular flexibility index (Phi) is 4.11. The van der Waals surface area contributed by atoms with Gasteiger partial charge in [-0.1, -0.05) is 35.7 Å². The molecule has 2 rings (SSSR count). The molecular weight excluding hydrogens is 250 g/mol. The van der Waals surface area contributed by atoms with Gasteiger partial charge in [0, 0.05) is 11.9 Å². The smallest absolute Gasteiger partial charge is 0.0100 e.